The molecule has 1 saturated heterocycles. The second-order valence-electron chi connectivity index (χ2n) is 5.29. The SMILES string of the molecule is C[C@@H]1COC(C)(C)O[C@H]1[C@@H](C)C(=O)N(C)C. The fourth-order valence-corrected chi connectivity index (χ4v) is 2.05. The van der Waals surface area contributed by atoms with Gasteiger partial charge >= 0.3 is 0 Å². The summed E-state index contributed by atoms with van der Waals surface area (Å²) in [6.07, 6.45) is -0.0707. The van der Waals surface area contributed by atoms with Crippen LogP contribution in [0.2, 0.25) is 0 Å². The van der Waals surface area contributed by atoms with Crippen LogP contribution in [-0.2, 0) is 14.3 Å². The van der Waals surface area contributed by atoms with Gasteiger partial charge < -0.3 is 14.4 Å². The van der Waals surface area contributed by atoms with Crippen LogP contribution in [0.4, 0.5) is 0 Å². The average molecular weight is 229 g/mol. The first-order chi connectivity index (χ1) is 7.24. The normalized spacial score (nSPS) is 30.9. The van der Waals surface area contributed by atoms with Crippen molar-refractivity contribution in [1.29, 1.82) is 0 Å². The number of carbonyl (C=O) groups excluding carboxylic acids is 1. The number of hydrogen-bond donors (Lipinski definition) is 0. The predicted molar refractivity (Wildman–Crippen MR) is 61.9 cm³/mol. The van der Waals surface area contributed by atoms with Crippen molar-refractivity contribution in [1.82, 2.24) is 4.90 Å². The van der Waals surface area contributed by atoms with E-state index in [0.717, 1.165) is 0 Å². The molecule has 1 heterocycles. The highest BCUT2D eigenvalue weighted by molar-refractivity contribution is 5.78. The molecule has 0 aromatic heterocycles. The van der Waals surface area contributed by atoms with Crippen molar-refractivity contribution >= 4 is 5.91 Å². The Labute approximate surface area is 97.9 Å². The first-order valence-corrected chi connectivity index (χ1v) is 5.77. The van der Waals surface area contributed by atoms with Crippen molar-refractivity contribution in [3.8, 4) is 0 Å². The second kappa shape index (κ2) is 4.72. The fraction of sp³-hybridized carbons (Fsp3) is 0.917. The van der Waals surface area contributed by atoms with E-state index in [9.17, 15) is 4.79 Å². The van der Waals surface area contributed by atoms with Gasteiger partial charge in [-0.25, -0.2) is 0 Å². The van der Waals surface area contributed by atoms with Gasteiger partial charge in [0.15, 0.2) is 5.79 Å². The van der Waals surface area contributed by atoms with Crippen LogP contribution in [-0.4, -0.2) is 43.4 Å². The second-order valence-corrected chi connectivity index (χ2v) is 5.29. The summed E-state index contributed by atoms with van der Waals surface area (Å²) in [7, 11) is 3.54. The zero-order valence-corrected chi connectivity index (χ0v) is 11.1. The molecule has 16 heavy (non-hydrogen) atoms. The van der Waals surface area contributed by atoms with Crippen LogP contribution in [0, 0.1) is 11.8 Å². The molecule has 1 rings (SSSR count). The first kappa shape index (κ1) is 13.5. The standard InChI is InChI=1S/C12H23NO3/c1-8-7-15-12(3,4)16-10(8)9(2)11(14)13(5)6/h8-10H,7H2,1-6H3/t8-,9-,10-/m1/s1. The van der Waals surface area contributed by atoms with Crippen LogP contribution in [0.5, 0.6) is 0 Å². The molecule has 1 amide bonds. The molecule has 0 spiro atoms. The van der Waals surface area contributed by atoms with Gasteiger partial charge in [-0.15, -0.1) is 0 Å². The lowest BCUT2D eigenvalue weighted by molar-refractivity contribution is -0.297. The molecule has 0 bridgehead atoms. The number of ether oxygens (including phenoxy) is 2. The molecule has 0 aromatic carbocycles. The number of nitrogens with zero attached hydrogens (tertiary/aromatic N) is 1. The molecule has 1 aliphatic heterocycles. The highest BCUT2D eigenvalue weighted by atomic mass is 16.7. The van der Waals surface area contributed by atoms with Gasteiger partial charge in [0.2, 0.25) is 5.91 Å². The molecular formula is C12H23NO3. The van der Waals surface area contributed by atoms with Crippen molar-refractivity contribution in [2.45, 2.75) is 39.6 Å². The Morgan fingerprint density at radius 2 is 2.00 bits per heavy atom. The van der Waals surface area contributed by atoms with E-state index < -0.39 is 5.79 Å². The lowest BCUT2D eigenvalue weighted by Crippen LogP contribution is -2.50. The van der Waals surface area contributed by atoms with Gasteiger partial charge in [0, 0.05) is 20.0 Å². The fourth-order valence-electron chi connectivity index (χ4n) is 2.05. The molecule has 0 radical (unpaired) electrons. The Hall–Kier alpha value is -0.610. The van der Waals surface area contributed by atoms with Crippen molar-refractivity contribution in [3.05, 3.63) is 0 Å². The Balaban J connectivity index is 2.73. The van der Waals surface area contributed by atoms with Gasteiger partial charge in [-0.05, 0) is 13.8 Å². The molecule has 4 nitrogen and oxygen atoms in total. The number of amides is 1. The molecule has 0 aliphatic carbocycles. The van der Waals surface area contributed by atoms with E-state index >= 15 is 0 Å². The maximum Gasteiger partial charge on any atom is 0.227 e. The van der Waals surface area contributed by atoms with Crippen LogP contribution in [0.25, 0.3) is 0 Å². The Morgan fingerprint density at radius 1 is 1.44 bits per heavy atom. The summed E-state index contributed by atoms with van der Waals surface area (Å²) in [5, 5.41) is 0. The molecule has 0 saturated carbocycles. The predicted octanol–water partition coefficient (Wildman–Crippen LogP) is 1.50. The molecule has 1 fully saturated rings. The third kappa shape index (κ3) is 2.95. The molecule has 0 N–H and O–H groups in total. The third-order valence-corrected chi connectivity index (χ3v) is 3.00. The Kier molecular flexibility index (Phi) is 3.97. The quantitative estimate of drug-likeness (QED) is 0.720. The lowest BCUT2D eigenvalue weighted by atomic mass is 9.91. The third-order valence-electron chi connectivity index (χ3n) is 3.00. The number of rotatable bonds is 2. The van der Waals surface area contributed by atoms with Gasteiger partial charge in [-0.1, -0.05) is 13.8 Å². The van der Waals surface area contributed by atoms with E-state index in [2.05, 4.69) is 6.92 Å². The van der Waals surface area contributed by atoms with Crippen LogP contribution in [0.1, 0.15) is 27.7 Å². The molecule has 0 aromatic rings. The molecule has 4 heteroatoms. The first-order valence-electron chi connectivity index (χ1n) is 5.77. The minimum atomic E-state index is -0.585. The van der Waals surface area contributed by atoms with Gasteiger partial charge in [0.05, 0.1) is 18.6 Å². The van der Waals surface area contributed by atoms with E-state index in [-0.39, 0.29) is 23.8 Å². The Morgan fingerprint density at radius 3 is 2.50 bits per heavy atom. The van der Waals surface area contributed by atoms with E-state index in [4.69, 9.17) is 9.47 Å². The molecule has 94 valence electrons. The van der Waals surface area contributed by atoms with Gasteiger partial charge in [-0.3, -0.25) is 4.79 Å². The Bertz CT molecular complexity index is 263. The summed E-state index contributed by atoms with van der Waals surface area (Å²) in [6, 6.07) is 0. The average Bonchev–Trinajstić information content (AvgIpc) is 2.19. The van der Waals surface area contributed by atoms with Crippen LogP contribution < -0.4 is 0 Å². The van der Waals surface area contributed by atoms with E-state index in [1.807, 2.05) is 20.8 Å². The summed E-state index contributed by atoms with van der Waals surface area (Å²) in [6.45, 7) is 8.39. The van der Waals surface area contributed by atoms with E-state index in [1.54, 1.807) is 19.0 Å². The van der Waals surface area contributed by atoms with Crippen molar-refractivity contribution in [2.24, 2.45) is 11.8 Å². The molecule has 1 aliphatic rings. The highest BCUT2D eigenvalue weighted by Gasteiger charge is 2.39. The summed E-state index contributed by atoms with van der Waals surface area (Å²) in [5.74, 6) is -0.368. The smallest absolute Gasteiger partial charge is 0.227 e. The van der Waals surface area contributed by atoms with Gasteiger partial charge in [0.25, 0.3) is 0 Å². The lowest BCUT2D eigenvalue weighted by Gasteiger charge is -2.42. The van der Waals surface area contributed by atoms with Crippen molar-refractivity contribution in [2.75, 3.05) is 20.7 Å². The monoisotopic (exact) mass is 229 g/mol. The topological polar surface area (TPSA) is 38.8 Å². The highest BCUT2D eigenvalue weighted by Crippen LogP contribution is 2.30. The van der Waals surface area contributed by atoms with E-state index in [0.29, 0.717) is 6.61 Å². The van der Waals surface area contributed by atoms with Crippen molar-refractivity contribution in [3.63, 3.8) is 0 Å². The minimum Gasteiger partial charge on any atom is -0.350 e. The maximum absolute atomic E-state index is 11.9. The largest absolute Gasteiger partial charge is 0.350 e. The molecule has 3 atom stereocenters. The van der Waals surface area contributed by atoms with Gasteiger partial charge in [0.1, 0.15) is 0 Å². The number of carbonyl (C=O) groups is 1. The minimum absolute atomic E-state index is 0.0707. The molecular weight excluding hydrogens is 206 g/mol. The zero-order valence-electron chi connectivity index (χ0n) is 11.1. The van der Waals surface area contributed by atoms with Gasteiger partial charge in [-0.2, -0.15) is 0 Å². The zero-order chi connectivity index (χ0) is 12.5. The molecule has 0 unspecified atom stereocenters. The summed E-state index contributed by atoms with van der Waals surface area (Å²) in [4.78, 5) is 13.5. The van der Waals surface area contributed by atoms with Crippen molar-refractivity contribution < 1.29 is 14.3 Å². The van der Waals surface area contributed by atoms with Crippen LogP contribution in [0.15, 0.2) is 0 Å². The van der Waals surface area contributed by atoms with E-state index in [1.165, 1.54) is 0 Å². The van der Waals surface area contributed by atoms with Crippen LogP contribution in [0.3, 0.4) is 0 Å². The summed E-state index contributed by atoms with van der Waals surface area (Å²) in [5.41, 5.74) is 0. The summed E-state index contributed by atoms with van der Waals surface area (Å²) < 4.78 is 11.4. The maximum atomic E-state index is 11.9. The number of hydrogen-bond acceptors (Lipinski definition) is 3. The van der Waals surface area contributed by atoms with Crippen LogP contribution >= 0.6 is 0 Å². The summed E-state index contributed by atoms with van der Waals surface area (Å²) >= 11 is 0.